The van der Waals surface area contributed by atoms with E-state index in [1.807, 2.05) is 6.07 Å². The van der Waals surface area contributed by atoms with E-state index < -0.39 is 17.4 Å². The molecule has 0 aromatic heterocycles. The molecule has 0 spiro atoms. The van der Waals surface area contributed by atoms with Gasteiger partial charge >= 0.3 is 11.9 Å². The third kappa shape index (κ3) is 2.88. The van der Waals surface area contributed by atoms with Gasteiger partial charge in [0.05, 0.1) is 7.11 Å². The fourth-order valence-electron chi connectivity index (χ4n) is 2.30. The highest BCUT2D eigenvalue weighted by molar-refractivity contribution is 6.08. The number of hydrogen-bond acceptors (Lipinski definition) is 5. The number of carbonyl (C=O) groups excluding carboxylic acids is 2. The third-order valence-electron chi connectivity index (χ3n) is 3.80. The van der Waals surface area contributed by atoms with E-state index in [1.54, 1.807) is 55.6 Å². The Kier molecular flexibility index (Phi) is 4.08. The van der Waals surface area contributed by atoms with Crippen LogP contribution in [0.5, 0.6) is 11.5 Å². The molecule has 0 fully saturated rings. The van der Waals surface area contributed by atoms with Crippen molar-refractivity contribution in [2.45, 2.75) is 6.92 Å². The van der Waals surface area contributed by atoms with Gasteiger partial charge < -0.3 is 14.2 Å². The Bertz CT molecular complexity index is 792. The van der Waals surface area contributed by atoms with E-state index in [1.165, 1.54) is 13.0 Å². The van der Waals surface area contributed by atoms with Crippen LogP contribution in [-0.4, -0.2) is 19.0 Å². The number of hydrogen-bond donors (Lipinski definition) is 0. The zero-order valence-corrected chi connectivity index (χ0v) is 13.3. The van der Waals surface area contributed by atoms with Gasteiger partial charge in [0, 0.05) is 5.56 Å². The molecule has 0 radical (unpaired) electrons. The molecule has 0 bridgehead atoms. The number of esters is 2. The normalized spacial score (nSPS) is 19.4. The Morgan fingerprint density at radius 1 is 1.00 bits per heavy atom. The van der Waals surface area contributed by atoms with Gasteiger partial charge in [0.1, 0.15) is 17.3 Å². The Labute approximate surface area is 139 Å². The van der Waals surface area contributed by atoms with E-state index >= 15 is 0 Å². The van der Waals surface area contributed by atoms with Crippen molar-refractivity contribution in [3.8, 4) is 11.5 Å². The van der Waals surface area contributed by atoms with Crippen molar-refractivity contribution in [3.05, 3.63) is 66.2 Å². The topological polar surface area (TPSA) is 61.8 Å². The Hall–Kier alpha value is -3.08. The van der Waals surface area contributed by atoms with Gasteiger partial charge in [0.15, 0.2) is 5.41 Å². The van der Waals surface area contributed by atoms with Crippen LogP contribution in [0.15, 0.2) is 60.7 Å². The van der Waals surface area contributed by atoms with Crippen LogP contribution in [0.1, 0.15) is 12.5 Å². The number of benzene rings is 2. The highest BCUT2D eigenvalue weighted by atomic mass is 16.6. The van der Waals surface area contributed by atoms with Crippen molar-refractivity contribution in [2.24, 2.45) is 5.41 Å². The first kappa shape index (κ1) is 15.8. The molecule has 0 unspecified atom stereocenters. The fraction of sp³-hybridized carbons (Fsp3) is 0.158. The van der Waals surface area contributed by atoms with E-state index in [9.17, 15) is 9.59 Å². The van der Waals surface area contributed by atoms with Gasteiger partial charge in [-0.15, -0.1) is 0 Å². The average molecular weight is 324 g/mol. The van der Waals surface area contributed by atoms with Gasteiger partial charge in [0.25, 0.3) is 0 Å². The molecular weight excluding hydrogens is 308 g/mol. The monoisotopic (exact) mass is 324 g/mol. The Morgan fingerprint density at radius 3 is 2.29 bits per heavy atom. The van der Waals surface area contributed by atoms with Crippen molar-refractivity contribution >= 4 is 17.7 Å². The highest BCUT2D eigenvalue weighted by Crippen LogP contribution is 2.37. The second-order valence-electron chi connectivity index (χ2n) is 5.53. The number of rotatable bonds is 4. The lowest BCUT2D eigenvalue weighted by Crippen LogP contribution is -2.35. The minimum absolute atomic E-state index is 0.329. The average Bonchev–Trinajstić information content (AvgIpc) is 2.92. The quantitative estimate of drug-likeness (QED) is 0.491. The second-order valence-corrected chi connectivity index (χ2v) is 5.53. The van der Waals surface area contributed by atoms with E-state index in [0.29, 0.717) is 22.8 Å². The maximum Gasteiger partial charge on any atom is 0.332 e. The summed E-state index contributed by atoms with van der Waals surface area (Å²) in [4.78, 5) is 24.7. The highest BCUT2D eigenvalue weighted by Gasteiger charge is 2.48. The van der Waals surface area contributed by atoms with Crippen LogP contribution in [0.2, 0.25) is 0 Å². The van der Waals surface area contributed by atoms with Crippen LogP contribution in [0.4, 0.5) is 0 Å². The van der Waals surface area contributed by atoms with E-state index in [-0.39, 0.29) is 0 Å². The first-order chi connectivity index (χ1) is 11.5. The summed E-state index contributed by atoms with van der Waals surface area (Å²) in [7, 11) is 1.57. The summed E-state index contributed by atoms with van der Waals surface area (Å²) in [5, 5.41) is 0. The Morgan fingerprint density at radius 2 is 1.67 bits per heavy atom. The van der Waals surface area contributed by atoms with Crippen LogP contribution in [-0.2, 0) is 14.3 Å². The molecule has 2 aromatic rings. The molecule has 0 N–H and O–H groups in total. The standard InChI is InChI=1S/C19H16O5/c1-19(17(20)23-15-6-4-3-5-7-15)12-16(24-18(19)21)13-8-10-14(22-2)11-9-13/h3-12H,1-2H3/t19-/m1/s1. The molecule has 1 atom stereocenters. The van der Waals surface area contributed by atoms with E-state index in [4.69, 9.17) is 14.2 Å². The van der Waals surface area contributed by atoms with Gasteiger partial charge in [-0.2, -0.15) is 0 Å². The van der Waals surface area contributed by atoms with Gasteiger partial charge in [-0.25, -0.2) is 0 Å². The molecule has 1 aliphatic heterocycles. The summed E-state index contributed by atoms with van der Waals surface area (Å²) in [6.45, 7) is 1.48. The van der Waals surface area contributed by atoms with Crippen LogP contribution < -0.4 is 9.47 Å². The number of cyclic esters (lactones) is 1. The number of methoxy groups -OCH3 is 1. The van der Waals surface area contributed by atoms with Crippen molar-refractivity contribution in [1.29, 1.82) is 0 Å². The zero-order chi connectivity index (χ0) is 17.2. The zero-order valence-electron chi connectivity index (χ0n) is 13.3. The van der Waals surface area contributed by atoms with Gasteiger partial charge in [-0.05, 0) is 49.4 Å². The molecule has 0 saturated heterocycles. The summed E-state index contributed by atoms with van der Waals surface area (Å²) in [5.41, 5.74) is -0.800. The molecule has 1 aliphatic rings. The van der Waals surface area contributed by atoms with Crippen molar-refractivity contribution in [2.75, 3.05) is 7.11 Å². The number of ether oxygens (including phenoxy) is 3. The van der Waals surface area contributed by atoms with Crippen molar-refractivity contribution < 1.29 is 23.8 Å². The number of para-hydroxylation sites is 1. The summed E-state index contributed by atoms with van der Waals surface area (Å²) < 4.78 is 15.7. The van der Waals surface area contributed by atoms with Gasteiger partial charge in [-0.3, -0.25) is 9.59 Å². The van der Waals surface area contributed by atoms with Crippen molar-refractivity contribution in [3.63, 3.8) is 0 Å². The lowest BCUT2D eigenvalue weighted by molar-refractivity contribution is -0.155. The maximum absolute atomic E-state index is 12.4. The van der Waals surface area contributed by atoms with E-state index in [0.717, 1.165) is 0 Å². The lowest BCUT2D eigenvalue weighted by atomic mass is 9.91. The molecule has 0 saturated carbocycles. The largest absolute Gasteiger partial charge is 0.497 e. The second kappa shape index (κ2) is 6.20. The SMILES string of the molecule is COc1ccc(C2=C[C@](C)(C(=O)Oc3ccccc3)C(=O)O2)cc1. The summed E-state index contributed by atoms with van der Waals surface area (Å²) in [6, 6.07) is 15.6. The fourth-order valence-corrected chi connectivity index (χ4v) is 2.30. The predicted octanol–water partition coefficient (Wildman–Crippen LogP) is 3.20. The molecule has 5 heteroatoms. The summed E-state index contributed by atoms with van der Waals surface area (Å²) in [5.74, 6) is 0.0596. The molecule has 122 valence electrons. The molecule has 0 amide bonds. The van der Waals surface area contributed by atoms with Crippen LogP contribution >= 0.6 is 0 Å². The van der Waals surface area contributed by atoms with Crippen LogP contribution in [0.25, 0.3) is 5.76 Å². The third-order valence-corrected chi connectivity index (χ3v) is 3.80. The Balaban J connectivity index is 1.84. The van der Waals surface area contributed by atoms with Gasteiger partial charge in [0.2, 0.25) is 0 Å². The first-order valence-corrected chi connectivity index (χ1v) is 7.40. The smallest absolute Gasteiger partial charge is 0.332 e. The molecule has 0 aliphatic carbocycles. The molecule has 1 heterocycles. The molecular formula is C19H16O5. The molecule has 24 heavy (non-hydrogen) atoms. The molecule has 5 nitrogen and oxygen atoms in total. The maximum atomic E-state index is 12.4. The van der Waals surface area contributed by atoms with Crippen LogP contribution in [0, 0.1) is 5.41 Å². The minimum atomic E-state index is -1.48. The van der Waals surface area contributed by atoms with Crippen molar-refractivity contribution in [1.82, 2.24) is 0 Å². The van der Waals surface area contributed by atoms with Gasteiger partial charge in [-0.1, -0.05) is 18.2 Å². The lowest BCUT2D eigenvalue weighted by Gasteiger charge is -2.15. The van der Waals surface area contributed by atoms with Crippen LogP contribution in [0.3, 0.4) is 0 Å². The first-order valence-electron chi connectivity index (χ1n) is 7.40. The minimum Gasteiger partial charge on any atom is -0.497 e. The number of carbonyl (C=O) groups is 2. The summed E-state index contributed by atoms with van der Waals surface area (Å²) >= 11 is 0. The predicted molar refractivity (Wildman–Crippen MR) is 87.2 cm³/mol. The van der Waals surface area contributed by atoms with E-state index in [2.05, 4.69) is 0 Å². The molecule has 3 rings (SSSR count). The molecule has 2 aromatic carbocycles. The summed E-state index contributed by atoms with van der Waals surface area (Å²) in [6.07, 6.45) is 1.49.